The van der Waals surface area contributed by atoms with E-state index in [4.69, 9.17) is 0 Å². The largest absolute Gasteiger partial charge is 0.311 e. The molecule has 1 fully saturated rings. The highest BCUT2D eigenvalue weighted by molar-refractivity contribution is 7.89. The molecular weight excluding hydrogens is 350 g/mol. The van der Waals surface area contributed by atoms with E-state index in [9.17, 15) is 13.2 Å². The second-order valence-corrected chi connectivity index (χ2v) is 8.37. The van der Waals surface area contributed by atoms with Crippen LogP contribution in [0.15, 0.2) is 59.5 Å². The fourth-order valence-corrected chi connectivity index (χ4v) is 4.33. The van der Waals surface area contributed by atoms with E-state index in [0.29, 0.717) is 18.7 Å². The molecule has 1 amide bonds. The Morgan fingerprint density at radius 3 is 2.08 bits per heavy atom. The van der Waals surface area contributed by atoms with Crippen molar-refractivity contribution in [2.75, 3.05) is 45.2 Å². The molecule has 138 valence electrons. The first-order valence-corrected chi connectivity index (χ1v) is 9.95. The molecule has 1 heterocycles. The van der Waals surface area contributed by atoms with Gasteiger partial charge in [-0.05, 0) is 43.4 Å². The predicted molar refractivity (Wildman–Crippen MR) is 102 cm³/mol. The summed E-state index contributed by atoms with van der Waals surface area (Å²) in [7, 11) is 0.162. The van der Waals surface area contributed by atoms with Crippen LogP contribution in [-0.2, 0) is 10.0 Å². The average molecular weight is 373 g/mol. The molecule has 0 radical (unpaired) electrons. The molecule has 3 rings (SSSR count). The van der Waals surface area contributed by atoms with Gasteiger partial charge in [-0.3, -0.25) is 4.79 Å². The van der Waals surface area contributed by atoms with Crippen LogP contribution < -0.4 is 4.90 Å². The summed E-state index contributed by atoms with van der Waals surface area (Å²) in [6.45, 7) is 2.40. The molecule has 1 aliphatic heterocycles. The number of amides is 1. The quantitative estimate of drug-likeness (QED) is 0.821. The predicted octanol–water partition coefficient (Wildman–Crippen LogP) is 1.90. The first kappa shape index (κ1) is 18.6. The van der Waals surface area contributed by atoms with Crippen LogP contribution in [0.3, 0.4) is 0 Å². The molecule has 2 aromatic rings. The first-order chi connectivity index (χ1) is 12.4. The van der Waals surface area contributed by atoms with Gasteiger partial charge in [-0.25, -0.2) is 8.42 Å². The second-order valence-electron chi connectivity index (χ2n) is 6.43. The van der Waals surface area contributed by atoms with Crippen LogP contribution in [0.5, 0.6) is 0 Å². The Morgan fingerprint density at radius 2 is 1.50 bits per heavy atom. The van der Waals surface area contributed by atoms with Crippen LogP contribution in [-0.4, -0.2) is 63.8 Å². The summed E-state index contributed by atoms with van der Waals surface area (Å²) in [5.74, 6) is -0.181. The van der Waals surface area contributed by atoms with Gasteiger partial charge in [0.05, 0.1) is 4.90 Å². The number of likely N-dealkylation sites (N-methyl/N-ethyl adjacent to an activating group) is 1. The third-order valence-electron chi connectivity index (χ3n) is 4.65. The smallest absolute Gasteiger partial charge is 0.258 e. The molecular formula is C19H23N3O3S. The molecule has 0 unspecified atom stereocenters. The maximum absolute atomic E-state index is 12.7. The molecule has 0 atom stereocenters. The van der Waals surface area contributed by atoms with Crippen molar-refractivity contribution in [2.24, 2.45) is 0 Å². The lowest BCUT2D eigenvalue weighted by Gasteiger charge is -2.31. The lowest BCUT2D eigenvalue weighted by atomic mass is 10.2. The molecule has 0 N–H and O–H groups in total. The molecule has 0 saturated carbocycles. The van der Waals surface area contributed by atoms with E-state index in [0.717, 1.165) is 18.8 Å². The Morgan fingerprint density at radius 1 is 0.923 bits per heavy atom. The summed E-state index contributed by atoms with van der Waals surface area (Å²) in [5.41, 5.74) is 1.24. The second kappa shape index (κ2) is 7.57. The third-order valence-corrected chi connectivity index (χ3v) is 6.56. The molecule has 26 heavy (non-hydrogen) atoms. The number of rotatable bonds is 4. The lowest BCUT2D eigenvalue weighted by Crippen LogP contribution is -2.47. The molecule has 7 heteroatoms. The van der Waals surface area contributed by atoms with Gasteiger partial charge in [0.25, 0.3) is 5.91 Å². The Balaban J connectivity index is 1.77. The van der Waals surface area contributed by atoms with Crippen molar-refractivity contribution < 1.29 is 13.2 Å². The number of piperazine rings is 1. The SMILES string of the molecule is CN1CCN(S(=O)(=O)c2ccc(C(=O)N(C)c3ccccc3)cc2)CC1. The van der Waals surface area contributed by atoms with E-state index in [1.54, 1.807) is 24.1 Å². The molecule has 1 aliphatic rings. The highest BCUT2D eigenvalue weighted by Gasteiger charge is 2.27. The van der Waals surface area contributed by atoms with Crippen molar-refractivity contribution in [3.63, 3.8) is 0 Å². The number of benzene rings is 2. The van der Waals surface area contributed by atoms with Gasteiger partial charge in [0, 0.05) is 44.5 Å². The summed E-state index contributed by atoms with van der Waals surface area (Å²) < 4.78 is 27.0. The maximum Gasteiger partial charge on any atom is 0.258 e. The van der Waals surface area contributed by atoms with E-state index >= 15 is 0 Å². The molecule has 0 spiro atoms. The summed E-state index contributed by atoms with van der Waals surface area (Å²) in [5, 5.41) is 0. The minimum absolute atomic E-state index is 0.181. The van der Waals surface area contributed by atoms with Crippen LogP contribution in [0.25, 0.3) is 0 Å². The highest BCUT2D eigenvalue weighted by atomic mass is 32.2. The molecule has 0 bridgehead atoms. The molecule has 0 aromatic heterocycles. The number of nitrogens with zero attached hydrogens (tertiary/aromatic N) is 3. The van der Waals surface area contributed by atoms with Gasteiger partial charge in [-0.2, -0.15) is 4.31 Å². The van der Waals surface area contributed by atoms with Crippen LogP contribution in [0.1, 0.15) is 10.4 Å². The average Bonchev–Trinajstić information content (AvgIpc) is 2.68. The highest BCUT2D eigenvalue weighted by Crippen LogP contribution is 2.20. The van der Waals surface area contributed by atoms with Gasteiger partial charge in [0.1, 0.15) is 0 Å². The summed E-state index contributed by atoms with van der Waals surface area (Å²) in [6, 6.07) is 15.5. The van der Waals surface area contributed by atoms with Crippen molar-refractivity contribution in [1.29, 1.82) is 0 Å². The molecule has 0 aliphatic carbocycles. The minimum Gasteiger partial charge on any atom is -0.311 e. The van der Waals surface area contributed by atoms with Crippen LogP contribution in [0.2, 0.25) is 0 Å². The topological polar surface area (TPSA) is 60.9 Å². The van der Waals surface area contributed by atoms with E-state index < -0.39 is 10.0 Å². The number of sulfonamides is 1. The van der Waals surface area contributed by atoms with Gasteiger partial charge >= 0.3 is 0 Å². The normalized spacial score (nSPS) is 16.4. The summed E-state index contributed by atoms with van der Waals surface area (Å²) >= 11 is 0. The van der Waals surface area contributed by atoms with Crippen LogP contribution in [0.4, 0.5) is 5.69 Å². The zero-order valence-corrected chi connectivity index (χ0v) is 15.8. The maximum atomic E-state index is 12.7. The lowest BCUT2D eigenvalue weighted by molar-refractivity contribution is 0.0993. The van der Waals surface area contributed by atoms with E-state index in [1.165, 1.54) is 16.4 Å². The van der Waals surface area contributed by atoms with Crippen molar-refractivity contribution in [1.82, 2.24) is 9.21 Å². The van der Waals surface area contributed by atoms with Gasteiger partial charge in [0.15, 0.2) is 0 Å². The van der Waals surface area contributed by atoms with Crippen molar-refractivity contribution >= 4 is 21.6 Å². The van der Waals surface area contributed by atoms with Gasteiger partial charge in [0.2, 0.25) is 10.0 Å². The van der Waals surface area contributed by atoms with Gasteiger partial charge in [-0.15, -0.1) is 0 Å². The fourth-order valence-electron chi connectivity index (χ4n) is 2.91. The van der Waals surface area contributed by atoms with Crippen molar-refractivity contribution in [2.45, 2.75) is 4.90 Å². The Labute approximate surface area is 154 Å². The number of carbonyl (C=O) groups excluding carboxylic acids is 1. The zero-order chi connectivity index (χ0) is 18.7. The standard InChI is InChI=1S/C19H23N3O3S/c1-20-12-14-22(15-13-20)26(24,25)18-10-8-16(9-11-18)19(23)21(2)17-6-4-3-5-7-17/h3-11H,12-15H2,1-2H3. The van der Waals surface area contributed by atoms with E-state index in [1.807, 2.05) is 37.4 Å². The van der Waals surface area contributed by atoms with E-state index in [2.05, 4.69) is 4.90 Å². The molecule has 6 nitrogen and oxygen atoms in total. The van der Waals surface area contributed by atoms with Crippen molar-refractivity contribution in [3.8, 4) is 0 Å². The summed E-state index contributed by atoms with van der Waals surface area (Å²) in [4.78, 5) is 16.5. The number of hydrogen-bond acceptors (Lipinski definition) is 4. The number of carbonyl (C=O) groups is 1. The Hall–Kier alpha value is -2.22. The Kier molecular flexibility index (Phi) is 5.41. The Bertz CT molecular complexity index is 859. The fraction of sp³-hybridized carbons (Fsp3) is 0.316. The van der Waals surface area contributed by atoms with Crippen LogP contribution >= 0.6 is 0 Å². The molecule has 1 saturated heterocycles. The first-order valence-electron chi connectivity index (χ1n) is 8.51. The zero-order valence-electron chi connectivity index (χ0n) is 15.0. The van der Waals surface area contributed by atoms with Gasteiger partial charge in [-0.1, -0.05) is 18.2 Å². The number of anilines is 1. The van der Waals surface area contributed by atoms with Crippen LogP contribution in [0, 0.1) is 0 Å². The number of hydrogen-bond donors (Lipinski definition) is 0. The van der Waals surface area contributed by atoms with E-state index in [-0.39, 0.29) is 10.8 Å². The third kappa shape index (κ3) is 3.80. The molecule has 2 aromatic carbocycles. The van der Waals surface area contributed by atoms with Gasteiger partial charge < -0.3 is 9.80 Å². The summed E-state index contributed by atoms with van der Waals surface area (Å²) in [6.07, 6.45) is 0. The number of para-hydroxylation sites is 1. The van der Waals surface area contributed by atoms with Crippen molar-refractivity contribution in [3.05, 3.63) is 60.2 Å². The minimum atomic E-state index is -3.52. The monoisotopic (exact) mass is 373 g/mol.